The number of Topliss-reactive ketones (excluding diaryl/α,β-unsaturated/α-hetero) is 1. The first kappa shape index (κ1) is 18.3. The van der Waals surface area contributed by atoms with Crippen LogP contribution in [0.15, 0.2) is 54.9 Å². The third kappa shape index (κ3) is 4.55. The predicted molar refractivity (Wildman–Crippen MR) is 106 cm³/mol. The van der Waals surface area contributed by atoms with Crippen LogP contribution in [0.4, 0.5) is 17.2 Å². The Morgan fingerprint density at radius 2 is 1.70 bits per heavy atom. The van der Waals surface area contributed by atoms with Gasteiger partial charge in [-0.15, -0.1) is 0 Å². The summed E-state index contributed by atoms with van der Waals surface area (Å²) < 4.78 is 0. The summed E-state index contributed by atoms with van der Waals surface area (Å²) in [6.45, 7) is 5.57. The van der Waals surface area contributed by atoms with Crippen molar-refractivity contribution in [2.45, 2.75) is 20.8 Å². The number of anilines is 3. The van der Waals surface area contributed by atoms with E-state index in [2.05, 4.69) is 20.6 Å². The van der Waals surface area contributed by atoms with Gasteiger partial charge in [0.2, 0.25) is 0 Å². The summed E-state index contributed by atoms with van der Waals surface area (Å²) in [4.78, 5) is 32.2. The number of hydrogen-bond acceptors (Lipinski definition) is 5. The molecular weight excluding hydrogens is 340 g/mol. The monoisotopic (exact) mass is 360 g/mol. The predicted octanol–water partition coefficient (Wildman–Crippen LogP) is 4.29. The number of ketones is 1. The van der Waals surface area contributed by atoms with Crippen LogP contribution in [0.3, 0.4) is 0 Å². The fourth-order valence-electron chi connectivity index (χ4n) is 2.53. The Morgan fingerprint density at radius 1 is 0.889 bits per heavy atom. The van der Waals surface area contributed by atoms with E-state index < -0.39 is 0 Å². The Balaban J connectivity index is 1.76. The third-order valence-corrected chi connectivity index (χ3v) is 4.21. The maximum absolute atomic E-state index is 12.5. The number of hydrogen-bond donors (Lipinski definition) is 2. The van der Waals surface area contributed by atoms with Crippen molar-refractivity contribution in [1.82, 2.24) is 9.97 Å². The molecule has 1 amide bonds. The summed E-state index contributed by atoms with van der Waals surface area (Å²) in [5.74, 6) is 0.0881. The van der Waals surface area contributed by atoms with Crippen molar-refractivity contribution in [2.24, 2.45) is 0 Å². The molecule has 136 valence electrons. The molecule has 0 spiro atoms. The molecule has 1 heterocycles. The van der Waals surface area contributed by atoms with Crippen LogP contribution in [0.5, 0.6) is 0 Å². The Labute approximate surface area is 157 Å². The Bertz CT molecular complexity index is 1010. The van der Waals surface area contributed by atoms with Gasteiger partial charge in [0.25, 0.3) is 5.91 Å². The van der Waals surface area contributed by atoms with E-state index in [1.54, 1.807) is 30.3 Å². The molecule has 0 atom stereocenters. The van der Waals surface area contributed by atoms with E-state index >= 15 is 0 Å². The van der Waals surface area contributed by atoms with Crippen molar-refractivity contribution >= 4 is 28.9 Å². The van der Waals surface area contributed by atoms with Crippen molar-refractivity contribution in [3.05, 3.63) is 77.2 Å². The standard InChI is InChI=1S/C21H20N4O2/c1-13-7-8-18(9-14(13)2)24-20-11-19(22-12-23-20)21(27)25-17-6-4-5-16(10-17)15(3)26/h4-12H,1-3H3,(H,25,27)(H,22,23,24). The van der Waals surface area contributed by atoms with Crippen molar-refractivity contribution in [2.75, 3.05) is 10.6 Å². The topological polar surface area (TPSA) is 84.0 Å². The highest BCUT2D eigenvalue weighted by atomic mass is 16.2. The zero-order valence-electron chi connectivity index (χ0n) is 15.4. The maximum Gasteiger partial charge on any atom is 0.274 e. The molecule has 0 aliphatic carbocycles. The second-order valence-corrected chi connectivity index (χ2v) is 6.30. The first-order valence-electron chi connectivity index (χ1n) is 8.51. The second kappa shape index (κ2) is 7.78. The molecule has 0 unspecified atom stereocenters. The van der Waals surface area contributed by atoms with Crippen LogP contribution < -0.4 is 10.6 Å². The summed E-state index contributed by atoms with van der Waals surface area (Å²) in [7, 11) is 0. The van der Waals surface area contributed by atoms with E-state index in [4.69, 9.17) is 0 Å². The number of nitrogens with one attached hydrogen (secondary N) is 2. The fraction of sp³-hybridized carbons (Fsp3) is 0.143. The largest absolute Gasteiger partial charge is 0.340 e. The molecule has 0 bridgehead atoms. The van der Waals surface area contributed by atoms with E-state index in [0.717, 1.165) is 11.3 Å². The molecule has 3 rings (SSSR count). The van der Waals surface area contributed by atoms with Crippen LogP contribution in [-0.2, 0) is 0 Å². The summed E-state index contributed by atoms with van der Waals surface area (Å²) >= 11 is 0. The summed E-state index contributed by atoms with van der Waals surface area (Å²) in [5.41, 5.74) is 4.55. The lowest BCUT2D eigenvalue weighted by molar-refractivity contribution is 0.100. The Kier molecular flexibility index (Phi) is 5.26. The van der Waals surface area contributed by atoms with Gasteiger partial charge >= 0.3 is 0 Å². The third-order valence-electron chi connectivity index (χ3n) is 4.21. The number of aromatic nitrogens is 2. The van der Waals surface area contributed by atoms with Crippen molar-refractivity contribution in [3.8, 4) is 0 Å². The van der Waals surface area contributed by atoms with Gasteiger partial charge in [-0.2, -0.15) is 0 Å². The molecule has 6 heteroatoms. The van der Waals surface area contributed by atoms with Gasteiger partial charge in [0.05, 0.1) is 0 Å². The van der Waals surface area contributed by atoms with E-state index in [9.17, 15) is 9.59 Å². The van der Waals surface area contributed by atoms with Crippen molar-refractivity contribution < 1.29 is 9.59 Å². The Morgan fingerprint density at radius 3 is 2.44 bits per heavy atom. The highest BCUT2D eigenvalue weighted by molar-refractivity contribution is 6.04. The molecule has 0 radical (unpaired) electrons. The first-order chi connectivity index (χ1) is 12.9. The number of nitrogens with zero attached hydrogens (tertiary/aromatic N) is 2. The molecule has 6 nitrogen and oxygen atoms in total. The molecule has 1 aromatic heterocycles. The minimum absolute atomic E-state index is 0.0620. The number of aryl methyl sites for hydroxylation is 2. The van der Waals surface area contributed by atoms with Gasteiger partial charge in [-0.25, -0.2) is 9.97 Å². The number of carbonyl (C=O) groups excluding carboxylic acids is 2. The van der Waals surface area contributed by atoms with E-state index in [-0.39, 0.29) is 17.4 Å². The number of carbonyl (C=O) groups is 2. The van der Waals surface area contributed by atoms with E-state index in [0.29, 0.717) is 17.1 Å². The number of rotatable bonds is 5. The lowest BCUT2D eigenvalue weighted by Crippen LogP contribution is -2.14. The van der Waals surface area contributed by atoms with Crippen LogP contribution >= 0.6 is 0 Å². The average Bonchev–Trinajstić information content (AvgIpc) is 2.65. The summed E-state index contributed by atoms with van der Waals surface area (Å²) in [6.07, 6.45) is 1.34. The summed E-state index contributed by atoms with van der Waals surface area (Å²) in [5, 5.41) is 5.93. The molecular formula is C21H20N4O2. The van der Waals surface area contributed by atoms with Gasteiger partial charge in [0.15, 0.2) is 5.78 Å². The van der Waals surface area contributed by atoms with Crippen LogP contribution in [0, 0.1) is 13.8 Å². The normalized spacial score (nSPS) is 10.3. The quantitative estimate of drug-likeness (QED) is 0.663. The van der Waals surface area contributed by atoms with Crippen molar-refractivity contribution in [3.63, 3.8) is 0 Å². The highest BCUT2D eigenvalue weighted by Crippen LogP contribution is 2.19. The van der Waals surface area contributed by atoms with Crippen molar-refractivity contribution in [1.29, 1.82) is 0 Å². The van der Waals surface area contributed by atoms with Gasteiger partial charge < -0.3 is 10.6 Å². The minimum Gasteiger partial charge on any atom is -0.340 e. The Hall–Kier alpha value is -3.54. The van der Waals surface area contributed by atoms with Gasteiger partial charge in [-0.05, 0) is 56.2 Å². The smallest absolute Gasteiger partial charge is 0.274 e. The van der Waals surface area contributed by atoms with E-state index in [1.807, 2.05) is 32.0 Å². The average molecular weight is 360 g/mol. The zero-order chi connectivity index (χ0) is 19.4. The fourth-order valence-corrected chi connectivity index (χ4v) is 2.53. The first-order valence-corrected chi connectivity index (χ1v) is 8.51. The van der Waals surface area contributed by atoms with Crippen LogP contribution in [-0.4, -0.2) is 21.7 Å². The highest BCUT2D eigenvalue weighted by Gasteiger charge is 2.10. The molecule has 27 heavy (non-hydrogen) atoms. The lowest BCUT2D eigenvalue weighted by Gasteiger charge is -2.09. The van der Waals surface area contributed by atoms with Gasteiger partial charge in [0.1, 0.15) is 17.8 Å². The molecule has 0 saturated carbocycles. The van der Waals surface area contributed by atoms with Crippen LogP contribution in [0.2, 0.25) is 0 Å². The molecule has 2 N–H and O–H groups in total. The summed E-state index contributed by atoms with van der Waals surface area (Å²) in [6, 6.07) is 14.4. The molecule has 0 aliphatic heterocycles. The van der Waals surface area contributed by atoms with Gasteiger partial charge in [0, 0.05) is 23.0 Å². The van der Waals surface area contributed by atoms with Crippen LogP contribution in [0.1, 0.15) is 38.9 Å². The SMILES string of the molecule is CC(=O)c1cccc(NC(=O)c2cc(Nc3ccc(C)c(C)c3)ncn2)c1. The van der Waals surface area contributed by atoms with E-state index in [1.165, 1.54) is 18.8 Å². The zero-order valence-corrected chi connectivity index (χ0v) is 15.4. The maximum atomic E-state index is 12.5. The molecule has 0 saturated heterocycles. The minimum atomic E-state index is -0.374. The van der Waals surface area contributed by atoms with Gasteiger partial charge in [-0.1, -0.05) is 18.2 Å². The lowest BCUT2D eigenvalue weighted by atomic mass is 10.1. The molecule has 0 aliphatic rings. The van der Waals surface area contributed by atoms with Gasteiger partial charge in [-0.3, -0.25) is 9.59 Å². The number of amides is 1. The molecule has 2 aromatic carbocycles. The molecule has 0 fully saturated rings. The molecule has 3 aromatic rings. The second-order valence-electron chi connectivity index (χ2n) is 6.30. The van der Waals surface area contributed by atoms with Crippen LogP contribution in [0.25, 0.3) is 0 Å². The number of benzene rings is 2.